The Morgan fingerprint density at radius 1 is 0.903 bits per heavy atom. The minimum Gasteiger partial charge on any atom is -0.369 e. The van der Waals surface area contributed by atoms with E-state index in [0.29, 0.717) is 11.5 Å². The Kier molecular flexibility index (Phi) is 4.98. The Hall–Kier alpha value is -3.89. The van der Waals surface area contributed by atoms with Crippen LogP contribution in [0.5, 0.6) is 0 Å². The maximum absolute atomic E-state index is 9.03. The van der Waals surface area contributed by atoms with E-state index in [2.05, 4.69) is 62.6 Å². The Bertz CT molecular complexity index is 1230. The number of aromatic nitrogens is 3. The number of rotatable bonds is 4. The molecule has 7 nitrogen and oxygen atoms in total. The minimum atomic E-state index is 0.549. The zero-order valence-electron chi connectivity index (χ0n) is 17.4. The molecule has 0 radical (unpaired) electrons. The van der Waals surface area contributed by atoms with Crippen LogP contribution in [0.2, 0.25) is 0 Å². The van der Waals surface area contributed by atoms with Crippen molar-refractivity contribution in [1.82, 2.24) is 19.5 Å². The van der Waals surface area contributed by atoms with Gasteiger partial charge in [0.25, 0.3) is 0 Å². The minimum absolute atomic E-state index is 0.549. The molecule has 0 unspecified atom stereocenters. The molecule has 0 spiro atoms. The van der Waals surface area contributed by atoms with Crippen molar-refractivity contribution in [2.75, 3.05) is 43.4 Å². The fourth-order valence-electron chi connectivity index (χ4n) is 3.84. The van der Waals surface area contributed by atoms with E-state index >= 15 is 0 Å². The second-order valence-electron chi connectivity index (χ2n) is 7.77. The summed E-state index contributed by atoms with van der Waals surface area (Å²) in [5.41, 5.74) is 5.50. The van der Waals surface area contributed by atoms with E-state index in [1.807, 2.05) is 47.0 Å². The SMILES string of the molecule is CN1CCN(c2ccc(Nc3nc4cccc(-c5ccc(C#N)cc5)n4n3)cc2)CC1. The molecule has 1 aliphatic rings. The molecule has 1 fully saturated rings. The molecule has 3 heterocycles. The molecule has 1 saturated heterocycles. The van der Waals surface area contributed by atoms with Gasteiger partial charge in [-0.3, -0.25) is 0 Å². The Balaban J connectivity index is 1.37. The van der Waals surface area contributed by atoms with Crippen LogP contribution in [0.3, 0.4) is 0 Å². The topological polar surface area (TPSA) is 72.5 Å². The Morgan fingerprint density at radius 2 is 1.65 bits per heavy atom. The number of fused-ring (bicyclic) bond motifs is 1. The van der Waals surface area contributed by atoms with Gasteiger partial charge in [-0.1, -0.05) is 18.2 Å². The summed E-state index contributed by atoms with van der Waals surface area (Å²) in [6, 6.07) is 24.0. The van der Waals surface area contributed by atoms with Crippen LogP contribution < -0.4 is 10.2 Å². The highest BCUT2D eigenvalue weighted by Crippen LogP contribution is 2.24. The van der Waals surface area contributed by atoms with Gasteiger partial charge in [-0.15, -0.1) is 5.10 Å². The average Bonchev–Trinajstić information content (AvgIpc) is 3.23. The van der Waals surface area contributed by atoms with Gasteiger partial charge >= 0.3 is 0 Å². The van der Waals surface area contributed by atoms with Crippen LogP contribution in [0, 0.1) is 11.3 Å². The third-order valence-corrected chi connectivity index (χ3v) is 5.66. The first kappa shape index (κ1) is 19.1. The molecular formula is C24H23N7. The average molecular weight is 409 g/mol. The summed E-state index contributed by atoms with van der Waals surface area (Å²) < 4.78 is 1.82. The van der Waals surface area contributed by atoms with Crippen molar-refractivity contribution in [3.63, 3.8) is 0 Å². The highest BCUT2D eigenvalue weighted by atomic mass is 15.4. The van der Waals surface area contributed by atoms with Gasteiger partial charge in [0.05, 0.1) is 17.3 Å². The Labute approximate surface area is 181 Å². The van der Waals surface area contributed by atoms with Crippen molar-refractivity contribution in [2.45, 2.75) is 0 Å². The van der Waals surface area contributed by atoms with Crippen molar-refractivity contribution in [3.8, 4) is 17.3 Å². The highest BCUT2D eigenvalue weighted by molar-refractivity contribution is 5.66. The molecule has 31 heavy (non-hydrogen) atoms. The van der Waals surface area contributed by atoms with Crippen LogP contribution in [-0.2, 0) is 0 Å². The van der Waals surface area contributed by atoms with Gasteiger partial charge in [0, 0.05) is 43.1 Å². The number of hydrogen-bond acceptors (Lipinski definition) is 6. The monoisotopic (exact) mass is 409 g/mol. The summed E-state index contributed by atoms with van der Waals surface area (Å²) in [5, 5.41) is 17.0. The van der Waals surface area contributed by atoms with Crippen LogP contribution in [-0.4, -0.2) is 52.7 Å². The molecule has 0 aliphatic carbocycles. The fraction of sp³-hybridized carbons (Fsp3) is 0.208. The molecule has 154 valence electrons. The highest BCUT2D eigenvalue weighted by Gasteiger charge is 2.14. The lowest BCUT2D eigenvalue weighted by molar-refractivity contribution is 0.313. The van der Waals surface area contributed by atoms with Gasteiger partial charge in [0.1, 0.15) is 0 Å². The molecular weight excluding hydrogens is 386 g/mol. The summed E-state index contributed by atoms with van der Waals surface area (Å²) in [7, 11) is 2.17. The summed E-state index contributed by atoms with van der Waals surface area (Å²) in [6.07, 6.45) is 0. The summed E-state index contributed by atoms with van der Waals surface area (Å²) in [4.78, 5) is 9.39. The number of nitrogens with zero attached hydrogens (tertiary/aromatic N) is 6. The zero-order chi connectivity index (χ0) is 21.2. The molecule has 0 atom stereocenters. The van der Waals surface area contributed by atoms with E-state index in [1.54, 1.807) is 0 Å². The predicted octanol–water partition coefficient (Wildman–Crippen LogP) is 3.76. The first-order valence-electron chi connectivity index (χ1n) is 10.4. The third kappa shape index (κ3) is 3.93. The molecule has 0 bridgehead atoms. The van der Waals surface area contributed by atoms with Gasteiger partial charge in [-0.2, -0.15) is 10.2 Å². The standard InChI is InChI=1S/C24H23N7/c1-29-13-15-30(16-14-29)21-11-9-20(10-12-21)26-24-27-23-4-2-3-22(31(23)28-24)19-7-5-18(17-25)6-8-19/h2-12H,13-16H2,1H3,(H,26,28). The number of likely N-dealkylation sites (N-methyl/N-ethyl adjacent to an activating group) is 1. The van der Waals surface area contributed by atoms with Crippen molar-refractivity contribution >= 4 is 23.0 Å². The number of hydrogen-bond donors (Lipinski definition) is 1. The van der Waals surface area contributed by atoms with Gasteiger partial charge < -0.3 is 15.1 Å². The fourth-order valence-corrected chi connectivity index (χ4v) is 3.84. The maximum Gasteiger partial charge on any atom is 0.247 e. The lowest BCUT2D eigenvalue weighted by Gasteiger charge is -2.34. The van der Waals surface area contributed by atoms with E-state index in [4.69, 9.17) is 5.26 Å². The molecule has 7 heteroatoms. The van der Waals surface area contributed by atoms with Crippen molar-refractivity contribution in [3.05, 3.63) is 72.3 Å². The van der Waals surface area contributed by atoms with Gasteiger partial charge in [0.15, 0.2) is 5.65 Å². The van der Waals surface area contributed by atoms with E-state index < -0.39 is 0 Å². The third-order valence-electron chi connectivity index (χ3n) is 5.66. The second-order valence-corrected chi connectivity index (χ2v) is 7.77. The normalized spacial score (nSPS) is 14.5. The summed E-state index contributed by atoms with van der Waals surface area (Å²) in [5.74, 6) is 0.549. The number of nitrogens with one attached hydrogen (secondary N) is 1. The van der Waals surface area contributed by atoms with Crippen LogP contribution in [0.4, 0.5) is 17.3 Å². The molecule has 2 aromatic carbocycles. The van der Waals surface area contributed by atoms with E-state index in [0.717, 1.165) is 48.8 Å². The number of nitriles is 1. The smallest absolute Gasteiger partial charge is 0.247 e. The summed E-state index contributed by atoms with van der Waals surface area (Å²) >= 11 is 0. The lowest BCUT2D eigenvalue weighted by Crippen LogP contribution is -2.44. The van der Waals surface area contributed by atoms with E-state index in [9.17, 15) is 0 Å². The first-order chi connectivity index (χ1) is 15.2. The van der Waals surface area contributed by atoms with Crippen LogP contribution in [0.1, 0.15) is 5.56 Å². The Morgan fingerprint density at radius 3 is 2.35 bits per heavy atom. The van der Waals surface area contributed by atoms with Crippen LogP contribution in [0.15, 0.2) is 66.7 Å². The van der Waals surface area contributed by atoms with Crippen molar-refractivity contribution in [1.29, 1.82) is 5.26 Å². The van der Waals surface area contributed by atoms with Gasteiger partial charge in [0.2, 0.25) is 5.95 Å². The van der Waals surface area contributed by atoms with E-state index in [-0.39, 0.29) is 0 Å². The van der Waals surface area contributed by atoms with Crippen molar-refractivity contribution in [2.24, 2.45) is 0 Å². The molecule has 0 amide bonds. The molecule has 1 aliphatic heterocycles. The number of benzene rings is 2. The van der Waals surface area contributed by atoms with Gasteiger partial charge in [-0.05, 0) is 55.6 Å². The van der Waals surface area contributed by atoms with Crippen LogP contribution in [0.25, 0.3) is 16.9 Å². The largest absolute Gasteiger partial charge is 0.369 e. The van der Waals surface area contributed by atoms with Crippen molar-refractivity contribution < 1.29 is 0 Å². The lowest BCUT2D eigenvalue weighted by atomic mass is 10.1. The number of piperazine rings is 1. The number of pyridine rings is 1. The first-order valence-corrected chi connectivity index (χ1v) is 10.4. The molecule has 1 N–H and O–H groups in total. The van der Waals surface area contributed by atoms with Crippen LogP contribution >= 0.6 is 0 Å². The molecule has 2 aromatic heterocycles. The predicted molar refractivity (Wildman–Crippen MR) is 123 cm³/mol. The molecule has 0 saturated carbocycles. The molecule has 5 rings (SSSR count). The van der Waals surface area contributed by atoms with Gasteiger partial charge in [-0.25, -0.2) is 4.52 Å². The summed E-state index contributed by atoms with van der Waals surface area (Å²) in [6.45, 7) is 4.28. The number of anilines is 3. The second kappa shape index (κ2) is 8.09. The molecule has 4 aromatic rings. The van der Waals surface area contributed by atoms with E-state index in [1.165, 1.54) is 5.69 Å². The zero-order valence-corrected chi connectivity index (χ0v) is 17.4. The maximum atomic E-state index is 9.03. The quantitative estimate of drug-likeness (QED) is 0.553.